The van der Waals surface area contributed by atoms with E-state index in [1.165, 1.54) is 64.2 Å². The average Bonchev–Trinajstić information content (AvgIpc) is 2.70. The van der Waals surface area contributed by atoms with Crippen molar-refractivity contribution in [3.05, 3.63) is 0 Å². The molecule has 0 aliphatic heterocycles. The van der Waals surface area contributed by atoms with E-state index in [-0.39, 0.29) is 0 Å². The lowest BCUT2D eigenvalue weighted by Gasteiger charge is -2.15. The van der Waals surface area contributed by atoms with Crippen molar-refractivity contribution in [2.45, 2.75) is 156 Å². The van der Waals surface area contributed by atoms with Gasteiger partial charge in [-0.2, -0.15) is 0 Å². The summed E-state index contributed by atoms with van der Waals surface area (Å²) in [7, 11) is 0. The van der Waals surface area contributed by atoms with Crippen LogP contribution in [0.25, 0.3) is 0 Å². The lowest BCUT2D eigenvalue weighted by molar-refractivity contribution is -0.129. The van der Waals surface area contributed by atoms with E-state index in [9.17, 15) is 15.0 Å². The molecule has 0 bridgehead atoms. The summed E-state index contributed by atoms with van der Waals surface area (Å²) in [5, 5.41) is 19.6. The molecule has 0 aromatic carbocycles. The van der Waals surface area contributed by atoms with Crippen LogP contribution >= 0.6 is 0 Å². The minimum atomic E-state index is -1.16. The highest BCUT2D eigenvalue weighted by atomic mass is 16.8. The fraction of sp³-hybridized carbons (Fsp3) is 0.963. The number of aliphatic hydroxyl groups excluding tert-OH is 2. The van der Waals surface area contributed by atoms with Crippen molar-refractivity contribution in [3.8, 4) is 0 Å². The van der Waals surface area contributed by atoms with E-state index in [2.05, 4.69) is 27.7 Å². The molecule has 0 aliphatic carbocycles. The normalized spacial score (nSPS) is 13.5. The molecule has 2 atom stereocenters. The van der Waals surface area contributed by atoms with E-state index in [4.69, 9.17) is 9.47 Å². The third kappa shape index (κ3) is 23.8. The van der Waals surface area contributed by atoms with E-state index >= 15 is 0 Å². The third-order valence-electron chi connectivity index (χ3n) is 5.93. The highest BCUT2D eigenvalue weighted by molar-refractivity contribution is 5.60. The van der Waals surface area contributed by atoms with Crippen molar-refractivity contribution < 1.29 is 24.5 Å². The smallest absolute Gasteiger partial charge is 0.405 e. The average molecular weight is 459 g/mol. The van der Waals surface area contributed by atoms with Crippen LogP contribution < -0.4 is 0 Å². The SMILES string of the molecule is CC(C)CCCCCCCCCC(O)OC(=O)OC(O)CCCCCCCCCC(C)C. The van der Waals surface area contributed by atoms with Gasteiger partial charge in [0.2, 0.25) is 12.6 Å². The Labute approximate surface area is 198 Å². The van der Waals surface area contributed by atoms with Gasteiger partial charge in [-0.05, 0) is 24.7 Å². The summed E-state index contributed by atoms with van der Waals surface area (Å²) in [5.74, 6) is 1.59. The van der Waals surface area contributed by atoms with Gasteiger partial charge in [-0.3, -0.25) is 0 Å². The van der Waals surface area contributed by atoms with Gasteiger partial charge < -0.3 is 19.7 Å². The molecular formula is C27H54O5. The Morgan fingerprint density at radius 2 is 0.750 bits per heavy atom. The summed E-state index contributed by atoms with van der Waals surface area (Å²) in [6.45, 7) is 9.06. The second-order valence-electron chi connectivity index (χ2n) is 10.3. The van der Waals surface area contributed by atoms with Crippen LogP contribution in [0.2, 0.25) is 0 Å². The van der Waals surface area contributed by atoms with Crippen molar-refractivity contribution in [2.75, 3.05) is 0 Å². The maximum absolute atomic E-state index is 11.7. The summed E-state index contributed by atoms with van der Waals surface area (Å²) >= 11 is 0. The highest BCUT2D eigenvalue weighted by Crippen LogP contribution is 2.15. The molecule has 0 saturated heterocycles. The molecular weight excluding hydrogens is 404 g/mol. The summed E-state index contributed by atoms with van der Waals surface area (Å²) < 4.78 is 9.67. The first-order valence-corrected chi connectivity index (χ1v) is 13.5. The number of hydrogen-bond acceptors (Lipinski definition) is 5. The summed E-state index contributed by atoms with van der Waals surface area (Å²) in [6, 6.07) is 0. The largest absolute Gasteiger partial charge is 0.512 e. The van der Waals surface area contributed by atoms with E-state index in [0.717, 1.165) is 50.4 Å². The maximum Gasteiger partial charge on any atom is 0.512 e. The Balaban J connectivity index is 3.49. The zero-order valence-electron chi connectivity index (χ0n) is 21.7. The van der Waals surface area contributed by atoms with Gasteiger partial charge in [0.05, 0.1) is 0 Å². The first kappa shape index (κ1) is 31.2. The zero-order chi connectivity index (χ0) is 24.0. The molecule has 0 amide bonds. The van der Waals surface area contributed by atoms with Crippen LogP contribution in [0, 0.1) is 11.8 Å². The van der Waals surface area contributed by atoms with Gasteiger partial charge in [0, 0.05) is 12.8 Å². The molecule has 0 heterocycles. The van der Waals surface area contributed by atoms with Crippen LogP contribution in [-0.2, 0) is 9.47 Å². The van der Waals surface area contributed by atoms with Crippen LogP contribution in [0.1, 0.15) is 143 Å². The molecule has 192 valence electrons. The molecule has 0 spiro atoms. The topological polar surface area (TPSA) is 76.0 Å². The van der Waals surface area contributed by atoms with E-state index in [1.807, 2.05) is 0 Å². The third-order valence-corrected chi connectivity index (χ3v) is 5.93. The molecule has 5 nitrogen and oxygen atoms in total. The van der Waals surface area contributed by atoms with Crippen LogP contribution in [0.4, 0.5) is 4.79 Å². The lowest BCUT2D eigenvalue weighted by atomic mass is 10.0. The first-order chi connectivity index (χ1) is 15.3. The number of hydrogen-bond donors (Lipinski definition) is 2. The number of aliphatic hydroxyl groups is 2. The van der Waals surface area contributed by atoms with Gasteiger partial charge in [0.1, 0.15) is 0 Å². The molecule has 2 unspecified atom stereocenters. The molecule has 0 aliphatic rings. The van der Waals surface area contributed by atoms with Crippen LogP contribution in [0.3, 0.4) is 0 Å². The quantitative estimate of drug-likeness (QED) is 0.0973. The molecule has 0 rings (SSSR count). The predicted octanol–water partition coefficient (Wildman–Crippen LogP) is 8.11. The van der Waals surface area contributed by atoms with Crippen molar-refractivity contribution in [2.24, 2.45) is 11.8 Å². The Morgan fingerprint density at radius 1 is 0.500 bits per heavy atom. The number of rotatable bonds is 22. The Morgan fingerprint density at radius 3 is 1.03 bits per heavy atom. The zero-order valence-corrected chi connectivity index (χ0v) is 21.7. The van der Waals surface area contributed by atoms with Gasteiger partial charge in [-0.15, -0.1) is 0 Å². The summed E-state index contributed by atoms with van der Waals surface area (Å²) in [5.41, 5.74) is 0. The molecule has 32 heavy (non-hydrogen) atoms. The number of unbranched alkanes of at least 4 members (excludes halogenated alkanes) is 12. The standard InChI is InChI=1S/C27H54O5/c1-23(2)19-15-11-7-5-9-13-17-21-25(28)31-27(30)32-26(29)22-18-14-10-6-8-12-16-20-24(3)4/h23-26,28-29H,5-22H2,1-4H3. The molecule has 0 radical (unpaired) electrons. The molecule has 5 heteroatoms. The van der Waals surface area contributed by atoms with E-state index in [0.29, 0.717) is 12.8 Å². The fourth-order valence-corrected chi connectivity index (χ4v) is 3.88. The second kappa shape index (κ2) is 22.0. The fourth-order valence-electron chi connectivity index (χ4n) is 3.88. The van der Waals surface area contributed by atoms with Crippen molar-refractivity contribution in [3.63, 3.8) is 0 Å². The number of carbonyl (C=O) groups is 1. The number of carbonyl (C=O) groups excluding carboxylic acids is 1. The van der Waals surface area contributed by atoms with Gasteiger partial charge in [0.15, 0.2) is 0 Å². The van der Waals surface area contributed by atoms with E-state index < -0.39 is 18.7 Å². The Kier molecular flexibility index (Phi) is 21.4. The van der Waals surface area contributed by atoms with Crippen LogP contribution in [0.15, 0.2) is 0 Å². The van der Waals surface area contributed by atoms with Crippen molar-refractivity contribution in [1.29, 1.82) is 0 Å². The molecule has 0 saturated carbocycles. The maximum atomic E-state index is 11.7. The summed E-state index contributed by atoms with van der Waals surface area (Å²) in [4.78, 5) is 11.7. The molecule has 2 N–H and O–H groups in total. The van der Waals surface area contributed by atoms with Crippen LogP contribution in [0.5, 0.6) is 0 Å². The Bertz CT molecular complexity index is 375. The van der Waals surface area contributed by atoms with Gasteiger partial charge in [-0.25, -0.2) is 4.79 Å². The Hall–Kier alpha value is -0.810. The summed E-state index contributed by atoms with van der Waals surface area (Å²) in [6.07, 6.45) is 16.4. The lowest BCUT2D eigenvalue weighted by Crippen LogP contribution is -2.23. The van der Waals surface area contributed by atoms with Gasteiger partial charge >= 0.3 is 6.16 Å². The van der Waals surface area contributed by atoms with Crippen molar-refractivity contribution in [1.82, 2.24) is 0 Å². The first-order valence-electron chi connectivity index (χ1n) is 13.5. The molecule has 0 aromatic heterocycles. The molecule has 0 aromatic rings. The second-order valence-corrected chi connectivity index (χ2v) is 10.3. The van der Waals surface area contributed by atoms with Gasteiger partial charge in [-0.1, -0.05) is 118 Å². The minimum absolute atomic E-state index is 0.412. The predicted molar refractivity (Wildman–Crippen MR) is 132 cm³/mol. The monoisotopic (exact) mass is 458 g/mol. The van der Waals surface area contributed by atoms with E-state index in [1.54, 1.807) is 0 Å². The van der Waals surface area contributed by atoms with Crippen LogP contribution in [-0.4, -0.2) is 28.9 Å². The van der Waals surface area contributed by atoms with Crippen molar-refractivity contribution >= 4 is 6.16 Å². The highest BCUT2D eigenvalue weighted by Gasteiger charge is 2.16. The van der Waals surface area contributed by atoms with Gasteiger partial charge in [0.25, 0.3) is 0 Å². The number of ether oxygens (including phenoxy) is 2. The molecule has 0 fully saturated rings. The minimum Gasteiger partial charge on any atom is -0.405 e.